The highest BCUT2D eigenvalue weighted by Crippen LogP contribution is 2.35. The third-order valence-electron chi connectivity index (χ3n) is 8.85. The smallest absolute Gasteiger partial charge is 0.289 e. The van der Waals surface area contributed by atoms with Crippen LogP contribution in [0.1, 0.15) is 28.8 Å². The monoisotopic (exact) mass is 627 g/mol. The number of benzene rings is 1. The minimum atomic E-state index is -0.596. The summed E-state index contributed by atoms with van der Waals surface area (Å²) in [5.41, 5.74) is 3.13. The Hall–Kier alpha value is -4.39. The summed E-state index contributed by atoms with van der Waals surface area (Å²) in [4.78, 5) is 37.2. The summed E-state index contributed by atoms with van der Waals surface area (Å²) in [5, 5.41) is 19.0. The van der Waals surface area contributed by atoms with Crippen LogP contribution < -0.4 is 21.3 Å². The molecule has 0 unspecified atom stereocenters. The Kier molecular flexibility index (Phi) is 7.72. The van der Waals surface area contributed by atoms with Gasteiger partial charge in [-0.05, 0) is 68.1 Å². The second-order valence-electron chi connectivity index (χ2n) is 11.8. The zero-order valence-electron chi connectivity index (χ0n) is 25.2. The average molecular weight is 628 g/mol. The highest BCUT2D eigenvalue weighted by molar-refractivity contribution is 7.19. The summed E-state index contributed by atoms with van der Waals surface area (Å²) < 4.78 is 18.4. The topological polar surface area (TPSA) is 109 Å². The average Bonchev–Trinajstić information content (AvgIpc) is 3.43. The van der Waals surface area contributed by atoms with Gasteiger partial charge in [0.15, 0.2) is 0 Å². The van der Waals surface area contributed by atoms with E-state index in [1.54, 1.807) is 31.7 Å². The number of pyridine rings is 2. The zero-order valence-corrected chi connectivity index (χ0v) is 26.0. The van der Waals surface area contributed by atoms with E-state index in [0.717, 1.165) is 62.9 Å². The van der Waals surface area contributed by atoms with E-state index in [0.29, 0.717) is 27.2 Å². The summed E-state index contributed by atoms with van der Waals surface area (Å²) in [7, 11) is 3.72. The Morgan fingerprint density at radius 1 is 1.00 bits per heavy atom. The number of nitrogens with one attached hydrogen (secondary N) is 1. The first-order chi connectivity index (χ1) is 21.8. The third-order valence-corrected chi connectivity index (χ3v) is 10.1. The molecule has 1 aliphatic heterocycles. The van der Waals surface area contributed by atoms with E-state index in [9.17, 15) is 14.7 Å². The second kappa shape index (κ2) is 11.8. The van der Waals surface area contributed by atoms with Crippen LogP contribution in [0, 0.1) is 5.82 Å². The SMILES string of the molecule is CN1CCN(c2ccc(Nc3cc(-c4cc(F)cc(-n5ncc6c7c(sc6c5=O)CCCC7)c4CO)cn(C)c3=O)nc2)CC1. The van der Waals surface area contributed by atoms with Gasteiger partial charge in [-0.3, -0.25) is 9.59 Å². The van der Waals surface area contributed by atoms with E-state index in [4.69, 9.17) is 0 Å². The standard InChI is InChI=1S/C33H34FN7O3S/c1-38-9-11-40(12-10-38)22-7-8-30(35-16-22)37-27-13-20(18-39(2)32(27)43)24-14-21(34)15-28(26(24)19-42)41-33(44)31-25(17-36-41)23-5-3-4-6-29(23)45-31/h7-8,13-18,42H,3-6,9-12,19H2,1-2H3,(H,35,37). The fourth-order valence-electron chi connectivity index (χ4n) is 6.35. The molecule has 1 aromatic carbocycles. The van der Waals surface area contributed by atoms with Crippen LogP contribution in [-0.4, -0.2) is 62.6 Å². The van der Waals surface area contributed by atoms with Crippen molar-refractivity contribution in [1.29, 1.82) is 0 Å². The summed E-state index contributed by atoms with van der Waals surface area (Å²) in [5.74, 6) is -0.104. The van der Waals surface area contributed by atoms with Crippen LogP contribution in [0.2, 0.25) is 0 Å². The quantitative estimate of drug-likeness (QED) is 0.288. The maximum absolute atomic E-state index is 15.3. The van der Waals surface area contributed by atoms with E-state index in [-0.39, 0.29) is 22.5 Å². The van der Waals surface area contributed by atoms with E-state index in [2.05, 4.69) is 32.2 Å². The Balaban J connectivity index is 1.25. The number of rotatable bonds is 6. The number of nitrogens with zero attached hydrogens (tertiary/aromatic N) is 6. The van der Waals surface area contributed by atoms with Crippen LogP contribution in [0.25, 0.3) is 26.9 Å². The molecule has 2 aliphatic rings. The van der Waals surface area contributed by atoms with Crippen LogP contribution in [-0.2, 0) is 26.5 Å². The number of anilines is 3. The highest BCUT2D eigenvalue weighted by Gasteiger charge is 2.22. The molecule has 1 saturated heterocycles. The van der Waals surface area contributed by atoms with Crippen LogP contribution in [0.3, 0.4) is 0 Å². The first-order valence-electron chi connectivity index (χ1n) is 15.1. The van der Waals surface area contributed by atoms with Crippen molar-refractivity contribution in [3.8, 4) is 16.8 Å². The summed E-state index contributed by atoms with van der Waals surface area (Å²) in [6.45, 7) is 3.33. The first kappa shape index (κ1) is 29.3. The lowest BCUT2D eigenvalue weighted by Crippen LogP contribution is -2.44. The molecular weight excluding hydrogens is 593 g/mol. The number of aliphatic hydroxyl groups excluding tert-OH is 1. The minimum absolute atomic E-state index is 0.162. The van der Waals surface area contributed by atoms with Crippen molar-refractivity contribution in [3.63, 3.8) is 0 Å². The fourth-order valence-corrected chi connectivity index (χ4v) is 7.64. The largest absolute Gasteiger partial charge is 0.392 e. The van der Waals surface area contributed by atoms with Crippen molar-refractivity contribution in [3.05, 3.63) is 91.5 Å². The van der Waals surface area contributed by atoms with E-state index in [1.807, 2.05) is 12.1 Å². The molecule has 0 saturated carbocycles. The van der Waals surface area contributed by atoms with Gasteiger partial charge >= 0.3 is 0 Å². The van der Waals surface area contributed by atoms with Gasteiger partial charge in [-0.25, -0.2) is 9.37 Å². The Morgan fingerprint density at radius 2 is 1.80 bits per heavy atom. The van der Waals surface area contributed by atoms with Gasteiger partial charge in [-0.1, -0.05) is 0 Å². The molecule has 1 fully saturated rings. The van der Waals surface area contributed by atoms with Crippen molar-refractivity contribution >= 4 is 38.6 Å². The molecule has 10 nitrogen and oxygen atoms in total. The third kappa shape index (κ3) is 5.43. The molecule has 4 aromatic heterocycles. The Morgan fingerprint density at radius 3 is 2.56 bits per heavy atom. The lowest BCUT2D eigenvalue weighted by molar-refractivity contribution is 0.281. The van der Waals surface area contributed by atoms with Gasteiger partial charge in [0.2, 0.25) is 0 Å². The predicted molar refractivity (Wildman–Crippen MR) is 176 cm³/mol. The molecule has 1 aliphatic carbocycles. The highest BCUT2D eigenvalue weighted by atomic mass is 32.1. The Labute approximate surface area is 263 Å². The molecule has 0 amide bonds. The molecule has 45 heavy (non-hydrogen) atoms. The second-order valence-corrected chi connectivity index (χ2v) is 12.9. The van der Waals surface area contributed by atoms with Crippen molar-refractivity contribution in [2.24, 2.45) is 7.05 Å². The first-order valence-corrected chi connectivity index (χ1v) is 16.0. The number of thiophene rings is 1. The summed E-state index contributed by atoms with van der Waals surface area (Å²) >= 11 is 1.48. The molecule has 7 rings (SSSR count). The molecule has 2 N–H and O–H groups in total. The molecule has 0 spiro atoms. The van der Waals surface area contributed by atoms with Crippen LogP contribution in [0.15, 0.2) is 58.5 Å². The lowest BCUT2D eigenvalue weighted by atomic mass is 9.97. The maximum Gasteiger partial charge on any atom is 0.289 e. The molecular formula is C33H34FN7O3S. The van der Waals surface area contributed by atoms with Crippen molar-refractivity contribution < 1.29 is 9.50 Å². The van der Waals surface area contributed by atoms with Gasteiger partial charge in [-0.15, -0.1) is 11.3 Å². The fraction of sp³-hybridized carbons (Fsp3) is 0.333. The maximum atomic E-state index is 15.3. The molecule has 0 radical (unpaired) electrons. The Bertz CT molecular complexity index is 2030. The van der Waals surface area contributed by atoms with Crippen molar-refractivity contribution in [2.45, 2.75) is 32.3 Å². The molecule has 5 heterocycles. The molecule has 12 heteroatoms. The van der Waals surface area contributed by atoms with Gasteiger partial charge in [-0.2, -0.15) is 9.78 Å². The molecule has 0 atom stereocenters. The number of fused-ring (bicyclic) bond motifs is 3. The predicted octanol–water partition coefficient (Wildman–Crippen LogP) is 4.21. The van der Waals surface area contributed by atoms with Gasteiger partial charge in [0, 0.05) is 66.9 Å². The lowest BCUT2D eigenvalue weighted by Gasteiger charge is -2.33. The van der Waals surface area contributed by atoms with Gasteiger partial charge in [0.25, 0.3) is 11.1 Å². The van der Waals surface area contributed by atoms with Gasteiger partial charge in [0.05, 0.1) is 30.4 Å². The number of hydrogen-bond acceptors (Lipinski definition) is 9. The number of aliphatic hydroxyl groups is 1. The van der Waals surface area contributed by atoms with E-state index < -0.39 is 12.4 Å². The van der Waals surface area contributed by atoms with Gasteiger partial charge in [0.1, 0.15) is 22.0 Å². The summed E-state index contributed by atoms with van der Waals surface area (Å²) in [6, 6.07) is 7.94. The number of piperazine rings is 1. The summed E-state index contributed by atoms with van der Waals surface area (Å²) in [6.07, 6.45) is 9.10. The van der Waals surface area contributed by atoms with E-state index >= 15 is 4.39 Å². The number of hydrogen-bond donors (Lipinski definition) is 2. The van der Waals surface area contributed by atoms with Crippen LogP contribution in [0.5, 0.6) is 0 Å². The van der Waals surface area contributed by atoms with Crippen LogP contribution >= 0.6 is 11.3 Å². The number of aromatic nitrogens is 4. The molecule has 232 valence electrons. The van der Waals surface area contributed by atoms with Crippen molar-refractivity contribution in [1.82, 2.24) is 24.2 Å². The number of aryl methyl sites for hydroxylation is 3. The zero-order chi connectivity index (χ0) is 31.2. The van der Waals surface area contributed by atoms with Gasteiger partial charge < -0.3 is 24.8 Å². The minimum Gasteiger partial charge on any atom is -0.392 e. The molecule has 0 bridgehead atoms. The number of halogens is 1. The van der Waals surface area contributed by atoms with E-state index in [1.165, 1.54) is 43.2 Å². The van der Waals surface area contributed by atoms with Crippen LogP contribution in [0.4, 0.5) is 21.6 Å². The molecule has 5 aromatic rings. The van der Waals surface area contributed by atoms with Crippen molar-refractivity contribution in [2.75, 3.05) is 43.4 Å². The normalized spacial score (nSPS) is 15.4. The number of likely N-dealkylation sites (N-methyl/N-ethyl adjacent to an activating group) is 1.